The predicted molar refractivity (Wildman–Crippen MR) is 80.6 cm³/mol. The molecule has 100 valence electrons. The van der Waals surface area contributed by atoms with Crippen molar-refractivity contribution in [2.45, 2.75) is 33.2 Å². The SMILES string of the molecule is CCc1cccc(CC)c1Nc1ccc(CN)cn1. The van der Waals surface area contributed by atoms with Crippen LogP contribution in [0.25, 0.3) is 0 Å². The van der Waals surface area contributed by atoms with Gasteiger partial charge in [0.25, 0.3) is 0 Å². The lowest BCUT2D eigenvalue weighted by Gasteiger charge is -2.15. The lowest BCUT2D eigenvalue weighted by Crippen LogP contribution is -2.02. The molecule has 0 aliphatic heterocycles. The molecular weight excluding hydrogens is 234 g/mol. The van der Waals surface area contributed by atoms with E-state index in [9.17, 15) is 0 Å². The second kappa shape index (κ2) is 6.34. The molecule has 0 fully saturated rings. The maximum absolute atomic E-state index is 5.58. The fourth-order valence-corrected chi connectivity index (χ4v) is 2.15. The Balaban J connectivity index is 2.30. The third-order valence-electron chi connectivity index (χ3n) is 3.31. The summed E-state index contributed by atoms with van der Waals surface area (Å²) in [5.74, 6) is 0.868. The van der Waals surface area contributed by atoms with Crippen molar-refractivity contribution in [2.75, 3.05) is 5.32 Å². The Morgan fingerprint density at radius 2 is 1.74 bits per heavy atom. The van der Waals surface area contributed by atoms with Gasteiger partial charge in [-0.1, -0.05) is 38.1 Å². The molecule has 0 saturated heterocycles. The van der Waals surface area contributed by atoms with Gasteiger partial charge in [0.05, 0.1) is 0 Å². The number of aromatic nitrogens is 1. The predicted octanol–water partition coefficient (Wildman–Crippen LogP) is 3.41. The van der Waals surface area contributed by atoms with Crippen LogP contribution in [0.5, 0.6) is 0 Å². The molecule has 0 bridgehead atoms. The highest BCUT2D eigenvalue weighted by Gasteiger charge is 2.06. The molecule has 3 heteroatoms. The molecule has 2 rings (SSSR count). The van der Waals surface area contributed by atoms with E-state index in [4.69, 9.17) is 5.73 Å². The van der Waals surface area contributed by atoms with Crippen molar-refractivity contribution in [1.29, 1.82) is 0 Å². The number of hydrogen-bond donors (Lipinski definition) is 2. The molecule has 3 N–H and O–H groups in total. The minimum atomic E-state index is 0.527. The molecule has 0 saturated carbocycles. The van der Waals surface area contributed by atoms with Crippen LogP contribution in [0.1, 0.15) is 30.5 Å². The summed E-state index contributed by atoms with van der Waals surface area (Å²) in [6, 6.07) is 10.4. The smallest absolute Gasteiger partial charge is 0.130 e. The molecule has 1 aromatic carbocycles. The quantitative estimate of drug-likeness (QED) is 0.860. The van der Waals surface area contributed by atoms with E-state index < -0.39 is 0 Å². The van der Waals surface area contributed by atoms with Gasteiger partial charge in [0.15, 0.2) is 0 Å². The Labute approximate surface area is 114 Å². The fourth-order valence-electron chi connectivity index (χ4n) is 2.15. The number of nitrogens with zero attached hydrogens (tertiary/aromatic N) is 1. The van der Waals surface area contributed by atoms with Crippen molar-refractivity contribution in [3.8, 4) is 0 Å². The van der Waals surface area contributed by atoms with Gasteiger partial charge in [-0.3, -0.25) is 0 Å². The standard InChI is InChI=1S/C16H21N3/c1-3-13-6-5-7-14(4-2)16(13)19-15-9-8-12(10-17)11-18-15/h5-9,11H,3-4,10,17H2,1-2H3,(H,18,19). The van der Waals surface area contributed by atoms with Crippen LogP contribution in [-0.4, -0.2) is 4.98 Å². The summed E-state index contributed by atoms with van der Waals surface area (Å²) in [6.07, 6.45) is 3.84. The molecule has 0 aliphatic rings. The van der Waals surface area contributed by atoms with E-state index in [-0.39, 0.29) is 0 Å². The lowest BCUT2D eigenvalue weighted by atomic mass is 10.0. The molecule has 3 nitrogen and oxygen atoms in total. The molecule has 0 amide bonds. The molecule has 0 radical (unpaired) electrons. The van der Waals surface area contributed by atoms with Gasteiger partial charge in [0, 0.05) is 18.4 Å². The van der Waals surface area contributed by atoms with Crippen LogP contribution in [0.15, 0.2) is 36.5 Å². The van der Waals surface area contributed by atoms with Crippen molar-refractivity contribution < 1.29 is 0 Å². The molecule has 19 heavy (non-hydrogen) atoms. The molecule has 0 spiro atoms. The largest absolute Gasteiger partial charge is 0.340 e. The number of anilines is 2. The summed E-state index contributed by atoms with van der Waals surface area (Å²) in [6.45, 7) is 4.87. The average molecular weight is 255 g/mol. The van der Waals surface area contributed by atoms with Gasteiger partial charge in [0.1, 0.15) is 5.82 Å². The van der Waals surface area contributed by atoms with Crippen LogP contribution in [0.2, 0.25) is 0 Å². The second-order valence-corrected chi connectivity index (χ2v) is 4.54. The molecule has 0 aliphatic carbocycles. The molecule has 1 heterocycles. The first-order valence-corrected chi connectivity index (χ1v) is 6.81. The topological polar surface area (TPSA) is 50.9 Å². The van der Waals surface area contributed by atoms with Crippen molar-refractivity contribution in [3.05, 3.63) is 53.2 Å². The Hall–Kier alpha value is -1.87. The normalized spacial score (nSPS) is 10.5. The van der Waals surface area contributed by atoms with Gasteiger partial charge < -0.3 is 11.1 Å². The molecule has 0 atom stereocenters. The highest BCUT2D eigenvalue weighted by Crippen LogP contribution is 2.25. The fraction of sp³-hybridized carbons (Fsp3) is 0.312. The lowest BCUT2D eigenvalue weighted by molar-refractivity contribution is 1.05. The van der Waals surface area contributed by atoms with Crippen LogP contribution < -0.4 is 11.1 Å². The van der Waals surface area contributed by atoms with E-state index in [0.717, 1.165) is 24.2 Å². The molecular formula is C16H21N3. The summed E-state index contributed by atoms with van der Waals surface area (Å²) >= 11 is 0. The van der Waals surface area contributed by atoms with E-state index in [0.29, 0.717) is 6.54 Å². The van der Waals surface area contributed by atoms with E-state index >= 15 is 0 Å². The van der Waals surface area contributed by atoms with Gasteiger partial charge in [0.2, 0.25) is 0 Å². The highest BCUT2D eigenvalue weighted by atomic mass is 15.0. The van der Waals surface area contributed by atoms with Gasteiger partial charge in [-0.05, 0) is 35.6 Å². The Morgan fingerprint density at radius 1 is 1.05 bits per heavy atom. The zero-order chi connectivity index (χ0) is 13.7. The number of para-hydroxylation sites is 1. The number of pyridine rings is 1. The number of aryl methyl sites for hydroxylation is 2. The van der Waals surface area contributed by atoms with E-state index in [1.807, 2.05) is 18.3 Å². The van der Waals surface area contributed by atoms with Crippen molar-refractivity contribution in [2.24, 2.45) is 5.73 Å². The second-order valence-electron chi connectivity index (χ2n) is 4.54. The summed E-state index contributed by atoms with van der Waals surface area (Å²) in [5.41, 5.74) is 10.5. The highest BCUT2D eigenvalue weighted by molar-refractivity contribution is 5.65. The first kappa shape index (κ1) is 13.6. The summed E-state index contributed by atoms with van der Waals surface area (Å²) in [4.78, 5) is 4.40. The van der Waals surface area contributed by atoms with Crippen LogP contribution in [0.3, 0.4) is 0 Å². The van der Waals surface area contributed by atoms with Crippen LogP contribution >= 0.6 is 0 Å². The Morgan fingerprint density at radius 3 is 2.21 bits per heavy atom. The van der Waals surface area contributed by atoms with Gasteiger partial charge in [-0.25, -0.2) is 4.98 Å². The van der Waals surface area contributed by atoms with Gasteiger partial charge >= 0.3 is 0 Å². The van der Waals surface area contributed by atoms with Gasteiger partial charge in [-0.2, -0.15) is 0 Å². The molecule has 2 aromatic rings. The number of nitrogens with two attached hydrogens (primary N) is 1. The van der Waals surface area contributed by atoms with E-state index in [1.165, 1.54) is 16.8 Å². The summed E-state index contributed by atoms with van der Waals surface area (Å²) in [5, 5.41) is 3.44. The maximum Gasteiger partial charge on any atom is 0.130 e. The molecule has 0 unspecified atom stereocenters. The Bertz CT molecular complexity index is 510. The van der Waals surface area contributed by atoms with Crippen LogP contribution in [0, 0.1) is 0 Å². The van der Waals surface area contributed by atoms with Crippen molar-refractivity contribution in [3.63, 3.8) is 0 Å². The summed E-state index contributed by atoms with van der Waals surface area (Å²) in [7, 11) is 0. The van der Waals surface area contributed by atoms with Crippen LogP contribution in [-0.2, 0) is 19.4 Å². The van der Waals surface area contributed by atoms with E-state index in [2.05, 4.69) is 42.3 Å². The van der Waals surface area contributed by atoms with Crippen molar-refractivity contribution in [1.82, 2.24) is 4.98 Å². The molecule has 1 aromatic heterocycles. The number of rotatable bonds is 5. The minimum absolute atomic E-state index is 0.527. The van der Waals surface area contributed by atoms with E-state index in [1.54, 1.807) is 0 Å². The zero-order valence-electron chi connectivity index (χ0n) is 11.6. The summed E-state index contributed by atoms with van der Waals surface area (Å²) < 4.78 is 0. The third kappa shape index (κ3) is 3.12. The average Bonchev–Trinajstić information content (AvgIpc) is 2.48. The van der Waals surface area contributed by atoms with Gasteiger partial charge in [-0.15, -0.1) is 0 Å². The zero-order valence-corrected chi connectivity index (χ0v) is 11.6. The first-order valence-electron chi connectivity index (χ1n) is 6.81. The van der Waals surface area contributed by atoms with Crippen LogP contribution in [0.4, 0.5) is 11.5 Å². The first-order chi connectivity index (χ1) is 9.28. The number of nitrogens with one attached hydrogen (secondary N) is 1. The Kier molecular flexibility index (Phi) is 4.53. The number of hydrogen-bond acceptors (Lipinski definition) is 3. The maximum atomic E-state index is 5.58. The van der Waals surface area contributed by atoms with Crippen molar-refractivity contribution >= 4 is 11.5 Å². The third-order valence-corrected chi connectivity index (χ3v) is 3.31. The monoisotopic (exact) mass is 255 g/mol. The number of benzene rings is 1. The minimum Gasteiger partial charge on any atom is -0.340 e.